The molecule has 1 heterocycles. The zero-order chi connectivity index (χ0) is 23.4. The van der Waals surface area contributed by atoms with E-state index < -0.39 is 24.5 Å². The summed E-state index contributed by atoms with van der Waals surface area (Å²) in [5.74, 6) is -1.30. The second kappa shape index (κ2) is 9.65. The molecule has 7 heteroatoms. The van der Waals surface area contributed by atoms with Crippen molar-refractivity contribution < 1.29 is 19.1 Å². The first-order valence-corrected chi connectivity index (χ1v) is 10.9. The third-order valence-corrected chi connectivity index (χ3v) is 5.29. The van der Waals surface area contributed by atoms with Gasteiger partial charge in [0.15, 0.2) is 6.61 Å². The number of hydrogen-bond acceptors (Lipinski definition) is 5. The summed E-state index contributed by atoms with van der Waals surface area (Å²) in [6.45, 7) is 3.00. The van der Waals surface area contributed by atoms with Gasteiger partial charge in [-0.25, -0.2) is 14.6 Å². The van der Waals surface area contributed by atoms with Crippen molar-refractivity contribution in [3.8, 4) is 0 Å². The molecule has 0 saturated carbocycles. The number of carbonyl (C=O) groups is 3. The smallest absolute Gasteiger partial charge is 0.339 e. The Balaban J connectivity index is 1.61. The molecule has 168 valence electrons. The van der Waals surface area contributed by atoms with Crippen molar-refractivity contribution in [2.45, 2.75) is 32.7 Å². The van der Waals surface area contributed by atoms with Crippen LogP contribution in [-0.4, -0.2) is 35.5 Å². The molecular weight excluding hydrogens is 418 g/mol. The minimum absolute atomic E-state index is 0.121. The number of imide groups is 1. The van der Waals surface area contributed by atoms with Gasteiger partial charge in [-0.15, -0.1) is 0 Å². The molecular formula is C26H25N3O4. The number of amides is 3. The lowest BCUT2D eigenvalue weighted by molar-refractivity contribution is -0.123. The number of pyridine rings is 1. The number of urea groups is 1. The molecule has 2 aromatic carbocycles. The van der Waals surface area contributed by atoms with E-state index in [0.29, 0.717) is 22.9 Å². The predicted molar refractivity (Wildman–Crippen MR) is 126 cm³/mol. The molecule has 3 aromatic rings. The number of rotatable bonds is 5. The summed E-state index contributed by atoms with van der Waals surface area (Å²) in [7, 11) is 0. The molecule has 0 fully saturated rings. The van der Waals surface area contributed by atoms with Gasteiger partial charge in [0, 0.05) is 11.4 Å². The number of esters is 1. The van der Waals surface area contributed by atoms with Crippen LogP contribution in [0.4, 0.5) is 4.79 Å². The van der Waals surface area contributed by atoms with E-state index in [9.17, 15) is 14.4 Å². The van der Waals surface area contributed by atoms with Crippen LogP contribution in [0, 0.1) is 0 Å². The van der Waals surface area contributed by atoms with Gasteiger partial charge in [0.1, 0.15) is 0 Å². The summed E-state index contributed by atoms with van der Waals surface area (Å²) in [5.41, 5.74) is 4.83. The lowest BCUT2D eigenvalue weighted by Crippen LogP contribution is -2.44. The molecule has 1 aliphatic rings. The summed E-state index contributed by atoms with van der Waals surface area (Å²) in [6, 6.07) is 16.6. The topological polar surface area (TPSA) is 97.4 Å². The molecule has 2 N–H and O–H groups in total. The number of nitrogens with one attached hydrogen (secondary N) is 2. The number of nitrogens with zero attached hydrogens (tertiary/aromatic N) is 1. The van der Waals surface area contributed by atoms with E-state index in [2.05, 4.69) is 16.7 Å². The van der Waals surface area contributed by atoms with Crippen molar-refractivity contribution in [1.82, 2.24) is 15.6 Å². The van der Waals surface area contributed by atoms with E-state index in [1.807, 2.05) is 54.6 Å². The molecule has 1 aliphatic carbocycles. The third kappa shape index (κ3) is 5.09. The summed E-state index contributed by atoms with van der Waals surface area (Å²) in [6.07, 6.45) is 3.49. The van der Waals surface area contributed by atoms with E-state index in [4.69, 9.17) is 9.72 Å². The SMILES string of the molecule is CC(C)NC(=O)NC(=O)COC(=O)c1c2c(nc3ccccc13)/C(=C/c1ccccc1)CC2. The normalized spacial score (nSPS) is 13.7. The Bertz CT molecular complexity index is 1250. The van der Waals surface area contributed by atoms with Crippen LogP contribution in [0.3, 0.4) is 0 Å². The molecule has 1 aromatic heterocycles. The monoisotopic (exact) mass is 443 g/mol. The lowest BCUT2D eigenvalue weighted by atomic mass is 10.0. The van der Waals surface area contributed by atoms with Crippen LogP contribution < -0.4 is 10.6 Å². The maximum absolute atomic E-state index is 13.1. The molecule has 3 amide bonds. The highest BCUT2D eigenvalue weighted by Gasteiger charge is 2.28. The quantitative estimate of drug-likeness (QED) is 0.579. The van der Waals surface area contributed by atoms with Gasteiger partial charge < -0.3 is 10.1 Å². The van der Waals surface area contributed by atoms with Crippen molar-refractivity contribution >= 4 is 40.5 Å². The first-order chi connectivity index (χ1) is 15.9. The van der Waals surface area contributed by atoms with Crippen LogP contribution in [-0.2, 0) is 16.0 Å². The Kier molecular flexibility index (Phi) is 6.49. The highest BCUT2D eigenvalue weighted by molar-refractivity contribution is 6.08. The van der Waals surface area contributed by atoms with Crippen LogP contribution in [0.15, 0.2) is 54.6 Å². The second-order valence-corrected chi connectivity index (χ2v) is 8.16. The Labute approximate surface area is 191 Å². The van der Waals surface area contributed by atoms with Gasteiger partial charge >= 0.3 is 12.0 Å². The number of ether oxygens (including phenoxy) is 1. The average Bonchev–Trinajstić information content (AvgIpc) is 3.18. The number of allylic oxidation sites excluding steroid dienone is 1. The maximum Gasteiger partial charge on any atom is 0.339 e. The van der Waals surface area contributed by atoms with E-state index in [0.717, 1.165) is 28.8 Å². The average molecular weight is 444 g/mol. The molecule has 0 bridgehead atoms. The van der Waals surface area contributed by atoms with Crippen molar-refractivity contribution in [3.63, 3.8) is 0 Å². The summed E-state index contributed by atoms with van der Waals surface area (Å²) in [4.78, 5) is 41.7. The largest absolute Gasteiger partial charge is 0.452 e. The first kappa shape index (κ1) is 22.2. The molecule has 0 unspecified atom stereocenters. The molecule has 0 radical (unpaired) electrons. The fourth-order valence-electron chi connectivity index (χ4n) is 3.93. The molecule has 0 spiro atoms. The predicted octanol–water partition coefficient (Wildman–Crippen LogP) is 4.11. The van der Waals surface area contributed by atoms with E-state index in [-0.39, 0.29) is 6.04 Å². The summed E-state index contributed by atoms with van der Waals surface area (Å²) in [5, 5.41) is 5.39. The molecule has 0 atom stereocenters. The van der Waals surface area contributed by atoms with Gasteiger partial charge in [-0.3, -0.25) is 10.1 Å². The van der Waals surface area contributed by atoms with Crippen LogP contribution >= 0.6 is 0 Å². The van der Waals surface area contributed by atoms with E-state index in [1.165, 1.54) is 0 Å². The summed E-state index contributed by atoms with van der Waals surface area (Å²) >= 11 is 0. The second-order valence-electron chi connectivity index (χ2n) is 8.16. The van der Waals surface area contributed by atoms with Crippen LogP contribution in [0.2, 0.25) is 0 Å². The van der Waals surface area contributed by atoms with E-state index in [1.54, 1.807) is 13.8 Å². The molecule has 0 aliphatic heterocycles. The summed E-state index contributed by atoms with van der Waals surface area (Å²) < 4.78 is 5.30. The van der Waals surface area contributed by atoms with Crippen molar-refractivity contribution in [1.29, 1.82) is 0 Å². The van der Waals surface area contributed by atoms with Crippen LogP contribution in [0.1, 0.15) is 47.4 Å². The molecule has 33 heavy (non-hydrogen) atoms. The highest BCUT2D eigenvalue weighted by Crippen LogP contribution is 2.37. The Morgan fingerprint density at radius 2 is 1.76 bits per heavy atom. The standard InChI is InChI=1S/C26H25N3O4/c1-16(2)27-26(32)29-22(30)15-33-25(31)23-19-10-6-7-11-21(19)28-24-18(12-13-20(23)24)14-17-8-4-3-5-9-17/h3-11,14,16H,12-13,15H2,1-2H3,(H2,27,29,30,32)/b18-14+. The fourth-order valence-corrected chi connectivity index (χ4v) is 3.93. The van der Waals surface area contributed by atoms with Crippen LogP contribution in [0.5, 0.6) is 0 Å². The molecule has 7 nitrogen and oxygen atoms in total. The van der Waals surface area contributed by atoms with Crippen molar-refractivity contribution in [2.75, 3.05) is 6.61 Å². The lowest BCUT2D eigenvalue weighted by Gasteiger charge is -2.13. The minimum atomic E-state index is -0.693. The number of fused-ring (bicyclic) bond motifs is 2. The molecule has 4 rings (SSSR count). The van der Waals surface area contributed by atoms with Gasteiger partial charge in [0.05, 0.1) is 16.8 Å². The Morgan fingerprint density at radius 3 is 2.52 bits per heavy atom. The number of aromatic nitrogens is 1. The van der Waals surface area contributed by atoms with Gasteiger partial charge in [-0.2, -0.15) is 0 Å². The third-order valence-electron chi connectivity index (χ3n) is 5.29. The highest BCUT2D eigenvalue weighted by atomic mass is 16.5. The number of para-hydroxylation sites is 1. The van der Waals surface area contributed by atoms with E-state index >= 15 is 0 Å². The molecule has 0 saturated heterocycles. The number of hydrogen-bond donors (Lipinski definition) is 2. The number of carbonyl (C=O) groups excluding carboxylic acids is 3. The van der Waals surface area contributed by atoms with Crippen molar-refractivity contribution in [3.05, 3.63) is 77.0 Å². The zero-order valence-corrected chi connectivity index (χ0v) is 18.6. The Hall–Kier alpha value is -4.00. The number of benzene rings is 2. The van der Waals surface area contributed by atoms with Crippen LogP contribution in [0.25, 0.3) is 22.6 Å². The van der Waals surface area contributed by atoms with Gasteiger partial charge in [-0.05, 0) is 55.5 Å². The minimum Gasteiger partial charge on any atom is -0.452 e. The zero-order valence-electron chi connectivity index (χ0n) is 18.6. The Morgan fingerprint density at radius 1 is 1.03 bits per heavy atom. The van der Waals surface area contributed by atoms with Crippen molar-refractivity contribution in [2.24, 2.45) is 0 Å². The van der Waals surface area contributed by atoms with Gasteiger partial charge in [0.2, 0.25) is 0 Å². The maximum atomic E-state index is 13.1. The van der Waals surface area contributed by atoms with Gasteiger partial charge in [-0.1, -0.05) is 48.5 Å². The first-order valence-electron chi connectivity index (χ1n) is 10.9. The van der Waals surface area contributed by atoms with Gasteiger partial charge in [0.25, 0.3) is 5.91 Å². The fraction of sp³-hybridized carbons (Fsp3) is 0.231.